The van der Waals surface area contributed by atoms with Crippen molar-refractivity contribution in [3.05, 3.63) is 35.9 Å². The Morgan fingerprint density at radius 2 is 1.71 bits per heavy atom. The normalized spacial score (nSPS) is 9.71. The van der Waals surface area contributed by atoms with Crippen LogP contribution in [0.15, 0.2) is 30.3 Å². The summed E-state index contributed by atoms with van der Waals surface area (Å²) in [6.45, 7) is 2.28. The van der Waals surface area contributed by atoms with Crippen LogP contribution in [0.3, 0.4) is 0 Å². The molecule has 14 heavy (non-hydrogen) atoms. The van der Waals surface area contributed by atoms with Gasteiger partial charge in [0.2, 0.25) is 0 Å². The number of ether oxygens (including phenoxy) is 1. The van der Waals surface area contributed by atoms with Gasteiger partial charge in [0, 0.05) is 5.56 Å². The maximum absolute atomic E-state index is 12.7. The molecule has 1 rings (SSSR count). The minimum atomic E-state index is -2.31. The van der Waals surface area contributed by atoms with Crippen molar-refractivity contribution in [3.8, 4) is 5.75 Å². The molecule has 0 radical (unpaired) electrons. The topological polar surface area (TPSA) is 9.23 Å². The number of rotatable bonds is 3. The van der Waals surface area contributed by atoms with E-state index in [9.17, 15) is 13.2 Å². The van der Waals surface area contributed by atoms with E-state index in [4.69, 9.17) is 4.74 Å². The van der Waals surface area contributed by atoms with Crippen molar-refractivity contribution < 1.29 is 17.9 Å². The van der Waals surface area contributed by atoms with Crippen LogP contribution < -0.4 is 4.74 Å². The molecule has 0 saturated carbocycles. The molecule has 0 amide bonds. The first kappa shape index (κ1) is 10.6. The fourth-order valence-electron chi connectivity index (χ4n) is 0.973. The Morgan fingerprint density at radius 1 is 1.14 bits per heavy atom. The van der Waals surface area contributed by atoms with E-state index >= 15 is 0 Å². The monoisotopic (exact) mass is 202 g/mol. The van der Waals surface area contributed by atoms with Crippen LogP contribution in [-0.2, 0) is 0 Å². The zero-order chi connectivity index (χ0) is 10.6. The van der Waals surface area contributed by atoms with E-state index in [2.05, 4.69) is 0 Å². The highest BCUT2D eigenvalue weighted by Crippen LogP contribution is 2.23. The molecule has 0 fully saturated rings. The average molecular weight is 202 g/mol. The lowest BCUT2D eigenvalue weighted by Gasteiger charge is -2.02. The second kappa shape index (κ2) is 4.69. The van der Waals surface area contributed by atoms with E-state index in [0.29, 0.717) is 12.4 Å². The quantitative estimate of drug-likeness (QED) is 0.727. The van der Waals surface area contributed by atoms with Gasteiger partial charge < -0.3 is 4.74 Å². The zero-order valence-electron chi connectivity index (χ0n) is 7.56. The number of hydrogen-bond donors (Lipinski definition) is 0. The van der Waals surface area contributed by atoms with Gasteiger partial charge in [-0.25, -0.2) is 4.39 Å². The van der Waals surface area contributed by atoms with Crippen LogP contribution in [0.2, 0.25) is 0 Å². The van der Waals surface area contributed by atoms with Crippen LogP contribution in [0.5, 0.6) is 5.75 Å². The lowest BCUT2D eigenvalue weighted by atomic mass is 10.2. The molecule has 0 atom stereocenters. The Balaban J connectivity index is 2.89. The summed E-state index contributed by atoms with van der Waals surface area (Å²) < 4.78 is 41.4. The second-order valence-corrected chi connectivity index (χ2v) is 2.53. The minimum Gasteiger partial charge on any atom is -0.494 e. The molecule has 4 heteroatoms. The molecule has 0 aliphatic rings. The van der Waals surface area contributed by atoms with Crippen molar-refractivity contribution in [2.24, 2.45) is 0 Å². The number of benzene rings is 1. The van der Waals surface area contributed by atoms with Gasteiger partial charge in [-0.2, -0.15) is 8.78 Å². The third-order valence-corrected chi connectivity index (χ3v) is 1.58. The Bertz CT molecular complexity index is 326. The van der Waals surface area contributed by atoms with E-state index in [1.165, 1.54) is 24.3 Å². The number of halogens is 3. The summed E-state index contributed by atoms with van der Waals surface area (Å²) in [5.74, 6) is -0.962. The maximum atomic E-state index is 12.7. The summed E-state index contributed by atoms with van der Waals surface area (Å²) in [5, 5.41) is 0. The van der Waals surface area contributed by atoms with E-state index in [-0.39, 0.29) is 5.56 Å². The van der Waals surface area contributed by atoms with Gasteiger partial charge in [0.15, 0.2) is 5.83 Å². The van der Waals surface area contributed by atoms with Gasteiger partial charge in [0.25, 0.3) is 0 Å². The molecule has 0 bridgehead atoms. The lowest BCUT2D eigenvalue weighted by Crippen LogP contribution is -1.90. The van der Waals surface area contributed by atoms with Gasteiger partial charge in [-0.3, -0.25) is 0 Å². The molecule has 0 aromatic heterocycles. The Kier molecular flexibility index (Phi) is 3.56. The fraction of sp³-hybridized carbons (Fsp3) is 0.200. The average Bonchev–Trinajstić information content (AvgIpc) is 2.18. The third-order valence-electron chi connectivity index (χ3n) is 1.58. The van der Waals surface area contributed by atoms with E-state index < -0.39 is 11.9 Å². The van der Waals surface area contributed by atoms with Crippen LogP contribution in [0.1, 0.15) is 12.5 Å². The molecule has 1 aromatic rings. The first-order valence-electron chi connectivity index (χ1n) is 4.09. The van der Waals surface area contributed by atoms with Crippen LogP contribution in [0.25, 0.3) is 5.83 Å². The van der Waals surface area contributed by atoms with Gasteiger partial charge in [-0.15, -0.1) is 0 Å². The predicted molar refractivity (Wildman–Crippen MR) is 47.9 cm³/mol. The molecule has 0 heterocycles. The first-order chi connectivity index (χ1) is 6.65. The van der Waals surface area contributed by atoms with Crippen molar-refractivity contribution in [2.75, 3.05) is 6.61 Å². The van der Waals surface area contributed by atoms with Gasteiger partial charge >= 0.3 is 6.08 Å². The van der Waals surface area contributed by atoms with Crippen molar-refractivity contribution in [1.82, 2.24) is 0 Å². The molecule has 0 unspecified atom stereocenters. The molecule has 1 nitrogen and oxygen atoms in total. The molecule has 1 aromatic carbocycles. The van der Waals surface area contributed by atoms with Gasteiger partial charge in [0.1, 0.15) is 5.75 Å². The van der Waals surface area contributed by atoms with Crippen molar-refractivity contribution >= 4 is 5.83 Å². The standard InChI is InChI=1S/C10H9F3O/c1-2-14-8-5-3-7(4-6-8)9(11)10(12)13/h3-6H,2H2,1H3. The summed E-state index contributed by atoms with van der Waals surface area (Å²) in [4.78, 5) is 0. The van der Waals surface area contributed by atoms with Gasteiger partial charge in [-0.05, 0) is 31.2 Å². The fourth-order valence-corrected chi connectivity index (χ4v) is 0.973. The summed E-state index contributed by atoms with van der Waals surface area (Å²) in [6.07, 6.45) is -2.31. The molecule has 0 saturated heterocycles. The molecule has 0 aliphatic carbocycles. The summed E-state index contributed by atoms with van der Waals surface area (Å²) in [5.41, 5.74) is -0.145. The molecular weight excluding hydrogens is 193 g/mol. The summed E-state index contributed by atoms with van der Waals surface area (Å²) in [6, 6.07) is 5.39. The van der Waals surface area contributed by atoms with Crippen molar-refractivity contribution in [3.63, 3.8) is 0 Å². The van der Waals surface area contributed by atoms with Crippen LogP contribution in [0.4, 0.5) is 13.2 Å². The third kappa shape index (κ3) is 2.52. The summed E-state index contributed by atoms with van der Waals surface area (Å²) >= 11 is 0. The molecule has 76 valence electrons. The Hall–Kier alpha value is -1.45. The highest BCUT2D eigenvalue weighted by atomic mass is 19.3. The Morgan fingerprint density at radius 3 is 2.14 bits per heavy atom. The second-order valence-electron chi connectivity index (χ2n) is 2.53. The van der Waals surface area contributed by atoms with Crippen LogP contribution in [-0.4, -0.2) is 6.61 Å². The van der Waals surface area contributed by atoms with Crippen LogP contribution in [0, 0.1) is 0 Å². The van der Waals surface area contributed by atoms with E-state index in [0.717, 1.165) is 0 Å². The van der Waals surface area contributed by atoms with Crippen LogP contribution >= 0.6 is 0 Å². The maximum Gasteiger partial charge on any atom is 0.306 e. The molecule has 0 aliphatic heterocycles. The van der Waals surface area contributed by atoms with Crippen molar-refractivity contribution in [2.45, 2.75) is 6.92 Å². The molecule has 0 spiro atoms. The number of hydrogen-bond acceptors (Lipinski definition) is 1. The van der Waals surface area contributed by atoms with E-state index in [1.54, 1.807) is 6.92 Å². The van der Waals surface area contributed by atoms with Gasteiger partial charge in [-0.1, -0.05) is 0 Å². The highest BCUT2D eigenvalue weighted by Gasteiger charge is 2.07. The van der Waals surface area contributed by atoms with E-state index in [1.807, 2.05) is 0 Å². The predicted octanol–water partition coefficient (Wildman–Crippen LogP) is 3.62. The zero-order valence-corrected chi connectivity index (χ0v) is 7.56. The van der Waals surface area contributed by atoms with Gasteiger partial charge in [0.05, 0.1) is 6.61 Å². The minimum absolute atomic E-state index is 0.145. The summed E-state index contributed by atoms with van der Waals surface area (Å²) in [7, 11) is 0. The molecular formula is C10H9F3O. The van der Waals surface area contributed by atoms with Crippen molar-refractivity contribution in [1.29, 1.82) is 0 Å². The first-order valence-corrected chi connectivity index (χ1v) is 4.09. The highest BCUT2D eigenvalue weighted by molar-refractivity contribution is 5.60. The SMILES string of the molecule is CCOc1ccc(C(F)=C(F)F)cc1. The largest absolute Gasteiger partial charge is 0.494 e. The molecule has 0 N–H and O–H groups in total. The Labute approximate surface area is 79.8 Å². The smallest absolute Gasteiger partial charge is 0.306 e. The lowest BCUT2D eigenvalue weighted by molar-refractivity contribution is 0.340.